The summed E-state index contributed by atoms with van der Waals surface area (Å²) in [7, 11) is 1.56. The monoisotopic (exact) mass is 470 g/mol. The molecule has 0 aliphatic carbocycles. The summed E-state index contributed by atoms with van der Waals surface area (Å²) in [6.45, 7) is 4.31. The summed E-state index contributed by atoms with van der Waals surface area (Å²) < 4.78 is 10.7. The Morgan fingerprint density at radius 2 is 1.85 bits per heavy atom. The fourth-order valence-electron chi connectivity index (χ4n) is 4.32. The molecule has 1 atom stereocenters. The molecule has 1 N–H and O–H groups in total. The van der Waals surface area contributed by atoms with E-state index >= 15 is 0 Å². The first-order chi connectivity index (χ1) is 16.0. The number of carbonyl (C=O) groups is 2. The predicted molar refractivity (Wildman–Crippen MR) is 125 cm³/mol. The lowest BCUT2D eigenvalue weighted by Crippen LogP contribution is -2.38. The number of ether oxygens (including phenoxy) is 2. The second kappa shape index (κ2) is 10.4. The number of amides is 1. The Balaban J connectivity index is 1.68. The van der Waals surface area contributed by atoms with Crippen LogP contribution in [0.2, 0.25) is 5.02 Å². The predicted octanol–water partition coefficient (Wildman–Crippen LogP) is 3.49. The minimum absolute atomic E-state index is 0.0712. The number of benzene rings is 2. The Hall–Kier alpha value is -2.87. The van der Waals surface area contributed by atoms with Crippen molar-refractivity contribution in [1.29, 1.82) is 0 Å². The highest BCUT2D eigenvalue weighted by Crippen LogP contribution is 2.40. The number of likely N-dealkylation sites (tertiary alicyclic amines) is 1. The Morgan fingerprint density at radius 1 is 1.12 bits per heavy atom. The zero-order valence-electron chi connectivity index (χ0n) is 18.5. The number of morpholine rings is 1. The van der Waals surface area contributed by atoms with E-state index in [1.165, 1.54) is 0 Å². The van der Waals surface area contributed by atoms with Crippen LogP contribution in [-0.2, 0) is 14.3 Å². The van der Waals surface area contributed by atoms with Crippen LogP contribution in [0.4, 0.5) is 0 Å². The van der Waals surface area contributed by atoms with Gasteiger partial charge in [0, 0.05) is 36.8 Å². The van der Waals surface area contributed by atoms with Gasteiger partial charge in [-0.05, 0) is 48.4 Å². The number of methoxy groups -OCH3 is 1. The number of ketones is 1. The summed E-state index contributed by atoms with van der Waals surface area (Å²) in [5.74, 6) is -0.909. The van der Waals surface area contributed by atoms with E-state index in [0.29, 0.717) is 48.1 Å². The van der Waals surface area contributed by atoms with Crippen LogP contribution in [-0.4, -0.2) is 73.1 Å². The SMILES string of the molecule is COc1cccc([C@@H]2/C(=C(\O)c3ccc(Cl)cc3)C(=O)C(=O)N2CCCN2CCOCC2)c1. The molecule has 0 unspecified atom stereocenters. The van der Waals surface area contributed by atoms with Gasteiger partial charge in [-0.2, -0.15) is 0 Å². The summed E-state index contributed by atoms with van der Waals surface area (Å²) in [4.78, 5) is 30.0. The number of nitrogens with zero attached hydrogens (tertiary/aromatic N) is 2. The van der Waals surface area contributed by atoms with Crippen molar-refractivity contribution in [3.8, 4) is 5.75 Å². The van der Waals surface area contributed by atoms with Crippen molar-refractivity contribution in [2.75, 3.05) is 46.5 Å². The van der Waals surface area contributed by atoms with Crippen LogP contribution in [0.5, 0.6) is 5.75 Å². The molecule has 2 heterocycles. The van der Waals surface area contributed by atoms with Gasteiger partial charge in [0.25, 0.3) is 11.7 Å². The van der Waals surface area contributed by atoms with Gasteiger partial charge in [0.2, 0.25) is 0 Å². The van der Waals surface area contributed by atoms with Gasteiger partial charge < -0.3 is 19.5 Å². The number of hydrogen-bond acceptors (Lipinski definition) is 6. The van der Waals surface area contributed by atoms with Crippen LogP contribution in [0.15, 0.2) is 54.1 Å². The lowest BCUT2D eigenvalue weighted by atomic mass is 9.95. The van der Waals surface area contributed by atoms with Gasteiger partial charge in [-0.3, -0.25) is 14.5 Å². The van der Waals surface area contributed by atoms with Crippen molar-refractivity contribution >= 4 is 29.1 Å². The normalized spacial score (nSPS) is 20.9. The molecule has 33 heavy (non-hydrogen) atoms. The summed E-state index contributed by atoms with van der Waals surface area (Å²) in [5, 5.41) is 11.6. The topological polar surface area (TPSA) is 79.3 Å². The van der Waals surface area contributed by atoms with Gasteiger partial charge in [0.1, 0.15) is 11.5 Å². The highest BCUT2D eigenvalue weighted by Gasteiger charge is 2.45. The van der Waals surface area contributed by atoms with Crippen LogP contribution in [0.1, 0.15) is 23.6 Å². The van der Waals surface area contributed by atoms with Gasteiger partial charge >= 0.3 is 0 Å². The summed E-state index contributed by atoms with van der Waals surface area (Å²) >= 11 is 5.98. The maximum atomic E-state index is 13.1. The van der Waals surface area contributed by atoms with Crippen LogP contribution in [0.25, 0.3) is 5.76 Å². The fourth-order valence-corrected chi connectivity index (χ4v) is 4.45. The average molecular weight is 471 g/mol. The molecular formula is C25H27ClN2O5. The highest BCUT2D eigenvalue weighted by atomic mass is 35.5. The summed E-state index contributed by atoms with van der Waals surface area (Å²) in [5.41, 5.74) is 1.20. The van der Waals surface area contributed by atoms with Crippen molar-refractivity contribution in [3.05, 3.63) is 70.3 Å². The maximum absolute atomic E-state index is 13.1. The van der Waals surface area contributed by atoms with E-state index in [2.05, 4.69) is 4.90 Å². The molecule has 0 bridgehead atoms. The van der Waals surface area contributed by atoms with Crippen molar-refractivity contribution in [3.63, 3.8) is 0 Å². The molecule has 2 saturated heterocycles. The number of rotatable bonds is 7. The van der Waals surface area contributed by atoms with E-state index in [1.54, 1.807) is 48.4 Å². The number of carbonyl (C=O) groups excluding carboxylic acids is 2. The third kappa shape index (κ3) is 5.05. The maximum Gasteiger partial charge on any atom is 0.295 e. The molecule has 4 rings (SSSR count). The number of aliphatic hydroxyl groups excluding tert-OH is 1. The van der Waals surface area contributed by atoms with Gasteiger partial charge in [-0.25, -0.2) is 0 Å². The lowest BCUT2D eigenvalue weighted by Gasteiger charge is -2.29. The first kappa shape index (κ1) is 23.3. The zero-order valence-corrected chi connectivity index (χ0v) is 19.3. The van der Waals surface area contributed by atoms with Gasteiger partial charge in [-0.1, -0.05) is 23.7 Å². The summed E-state index contributed by atoms with van der Waals surface area (Å²) in [6, 6.07) is 13.1. The van der Waals surface area contributed by atoms with Crippen molar-refractivity contribution in [1.82, 2.24) is 9.80 Å². The highest BCUT2D eigenvalue weighted by molar-refractivity contribution is 6.46. The van der Waals surface area contributed by atoms with Gasteiger partial charge in [-0.15, -0.1) is 0 Å². The molecule has 8 heteroatoms. The van der Waals surface area contributed by atoms with E-state index in [-0.39, 0.29) is 11.3 Å². The van der Waals surface area contributed by atoms with Crippen LogP contribution in [0.3, 0.4) is 0 Å². The second-order valence-corrected chi connectivity index (χ2v) is 8.52. The van der Waals surface area contributed by atoms with Gasteiger partial charge in [0.15, 0.2) is 0 Å². The first-order valence-corrected chi connectivity index (χ1v) is 11.4. The second-order valence-electron chi connectivity index (χ2n) is 8.08. The minimum atomic E-state index is -0.708. The minimum Gasteiger partial charge on any atom is -0.507 e. The molecule has 0 spiro atoms. The van der Waals surface area contributed by atoms with Crippen LogP contribution in [0, 0.1) is 0 Å². The molecule has 2 aromatic carbocycles. The molecule has 1 amide bonds. The van der Waals surface area contributed by atoms with Crippen molar-refractivity contribution in [2.45, 2.75) is 12.5 Å². The molecule has 2 aliphatic heterocycles. The van der Waals surface area contributed by atoms with Crippen LogP contribution < -0.4 is 4.74 Å². The van der Waals surface area contributed by atoms with E-state index in [0.717, 1.165) is 19.6 Å². The fraction of sp³-hybridized carbons (Fsp3) is 0.360. The Morgan fingerprint density at radius 3 is 2.55 bits per heavy atom. The Kier molecular flexibility index (Phi) is 7.33. The molecule has 2 aliphatic rings. The molecule has 0 saturated carbocycles. The standard InChI is InChI=1S/C25H27ClN2O5/c1-32-20-5-2-4-18(16-20)22-21(23(29)17-6-8-19(26)9-7-17)24(30)25(31)28(22)11-3-10-27-12-14-33-15-13-27/h2,4-9,16,22,29H,3,10-15H2,1H3/b23-21+/t22-/m1/s1. The van der Waals surface area contributed by atoms with Gasteiger partial charge in [0.05, 0.1) is 31.9 Å². The van der Waals surface area contributed by atoms with Crippen molar-refractivity contribution in [2.24, 2.45) is 0 Å². The number of aliphatic hydroxyl groups is 1. The van der Waals surface area contributed by atoms with Crippen molar-refractivity contribution < 1.29 is 24.2 Å². The first-order valence-electron chi connectivity index (χ1n) is 11.0. The molecule has 2 aromatic rings. The number of halogens is 1. The third-order valence-corrected chi connectivity index (χ3v) is 6.30. The van der Waals surface area contributed by atoms with E-state index in [1.807, 2.05) is 12.1 Å². The average Bonchev–Trinajstić information content (AvgIpc) is 3.10. The quantitative estimate of drug-likeness (QED) is 0.379. The van der Waals surface area contributed by atoms with Crippen LogP contribution >= 0.6 is 11.6 Å². The molecule has 0 radical (unpaired) electrons. The molecule has 7 nitrogen and oxygen atoms in total. The zero-order chi connectivity index (χ0) is 23.4. The third-order valence-electron chi connectivity index (χ3n) is 6.04. The smallest absolute Gasteiger partial charge is 0.295 e. The van der Waals surface area contributed by atoms with E-state index < -0.39 is 17.7 Å². The van der Waals surface area contributed by atoms with E-state index in [4.69, 9.17) is 21.1 Å². The molecular weight excluding hydrogens is 444 g/mol. The number of hydrogen-bond donors (Lipinski definition) is 1. The lowest BCUT2D eigenvalue weighted by molar-refractivity contribution is -0.140. The number of Topliss-reactive ketones (excluding diaryl/α,β-unsaturated/α-hetero) is 1. The molecule has 174 valence electrons. The summed E-state index contributed by atoms with van der Waals surface area (Å²) in [6.07, 6.45) is 0.703. The Labute approximate surface area is 198 Å². The largest absolute Gasteiger partial charge is 0.507 e. The van der Waals surface area contributed by atoms with E-state index in [9.17, 15) is 14.7 Å². The Bertz CT molecular complexity index is 1050. The molecule has 2 fully saturated rings. The molecule has 0 aromatic heterocycles.